The number of hydrogen-bond donors (Lipinski definition) is 2. The molecule has 0 radical (unpaired) electrons. The molecule has 1 saturated heterocycles. The number of nitrogen functional groups attached to an aromatic ring is 1. The van der Waals surface area contributed by atoms with Gasteiger partial charge in [-0.15, -0.1) is 0 Å². The maximum atomic E-state index is 9.60. The van der Waals surface area contributed by atoms with Gasteiger partial charge in [0.15, 0.2) is 0 Å². The SMILES string of the molecule is CC(C)(C)OC=O.Nc1cnn(C2CCCNC2)c1. The molecule has 0 aromatic carbocycles. The Hall–Kier alpha value is -1.56. The minimum atomic E-state index is -0.318. The fraction of sp³-hybridized carbons (Fsp3) is 0.692. The Labute approximate surface area is 114 Å². The normalized spacial score (nSPS) is 19.2. The molecule has 1 aliphatic heterocycles. The number of aromatic nitrogens is 2. The molecular formula is C13H24N4O2. The molecule has 2 rings (SSSR count). The number of hydrogen-bond acceptors (Lipinski definition) is 5. The molecule has 1 fully saturated rings. The Balaban J connectivity index is 0.000000224. The number of nitrogens with one attached hydrogen (secondary N) is 1. The van der Waals surface area contributed by atoms with Crippen molar-refractivity contribution in [2.24, 2.45) is 0 Å². The van der Waals surface area contributed by atoms with E-state index in [0.717, 1.165) is 18.8 Å². The summed E-state index contributed by atoms with van der Waals surface area (Å²) < 4.78 is 6.51. The van der Waals surface area contributed by atoms with Crippen LogP contribution in [0.5, 0.6) is 0 Å². The minimum absolute atomic E-state index is 0.318. The predicted octanol–water partition coefficient (Wildman–Crippen LogP) is 1.35. The van der Waals surface area contributed by atoms with Crippen molar-refractivity contribution in [3.05, 3.63) is 12.4 Å². The van der Waals surface area contributed by atoms with Gasteiger partial charge in [0.1, 0.15) is 5.60 Å². The number of nitrogens with two attached hydrogens (primary N) is 1. The highest BCUT2D eigenvalue weighted by molar-refractivity contribution is 5.37. The number of anilines is 1. The molecule has 1 unspecified atom stereocenters. The van der Waals surface area contributed by atoms with Crippen LogP contribution in [-0.4, -0.2) is 34.9 Å². The van der Waals surface area contributed by atoms with Crippen molar-refractivity contribution >= 4 is 12.2 Å². The average Bonchev–Trinajstić information content (AvgIpc) is 2.76. The highest BCUT2D eigenvalue weighted by atomic mass is 16.5. The van der Waals surface area contributed by atoms with Crippen LogP contribution in [0.4, 0.5) is 5.69 Å². The Kier molecular flexibility index (Phi) is 5.82. The van der Waals surface area contributed by atoms with Crippen molar-refractivity contribution < 1.29 is 9.53 Å². The summed E-state index contributed by atoms with van der Waals surface area (Å²) in [5, 5.41) is 7.53. The van der Waals surface area contributed by atoms with Crippen molar-refractivity contribution in [2.75, 3.05) is 18.8 Å². The lowest BCUT2D eigenvalue weighted by molar-refractivity contribution is -0.138. The molecule has 19 heavy (non-hydrogen) atoms. The van der Waals surface area contributed by atoms with E-state index in [0.29, 0.717) is 12.5 Å². The van der Waals surface area contributed by atoms with Crippen molar-refractivity contribution in [2.45, 2.75) is 45.3 Å². The minimum Gasteiger partial charge on any atom is -0.462 e. The van der Waals surface area contributed by atoms with E-state index in [1.807, 2.05) is 31.6 Å². The fourth-order valence-corrected chi connectivity index (χ4v) is 1.76. The van der Waals surface area contributed by atoms with Gasteiger partial charge in [-0.2, -0.15) is 5.10 Å². The van der Waals surface area contributed by atoms with Gasteiger partial charge in [-0.3, -0.25) is 9.48 Å². The Bertz CT molecular complexity index is 378. The van der Waals surface area contributed by atoms with E-state index < -0.39 is 0 Å². The van der Waals surface area contributed by atoms with Gasteiger partial charge in [-0.1, -0.05) is 0 Å². The molecule has 6 nitrogen and oxygen atoms in total. The molecular weight excluding hydrogens is 244 g/mol. The maximum absolute atomic E-state index is 9.60. The van der Waals surface area contributed by atoms with Gasteiger partial charge in [0.05, 0.1) is 17.9 Å². The number of carbonyl (C=O) groups is 1. The second-order valence-corrected chi connectivity index (χ2v) is 5.58. The van der Waals surface area contributed by atoms with Crippen molar-refractivity contribution in [1.29, 1.82) is 0 Å². The molecule has 1 atom stereocenters. The molecule has 0 spiro atoms. The molecule has 0 bridgehead atoms. The van der Waals surface area contributed by atoms with Gasteiger partial charge in [0, 0.05) is 12.7 Å². The van der Waals surface area contributed by atoms with Crippen molar-refractivity contribution in [1.82, 2.24) is 15.1 Å². The lowest BCUT2D eigenvalue weighted by Crippen LogP contribution is -2.31. The zero-order valence-electron chi connectivity index (χ0n) is 11.9. The predicted molar refractivity (Wildman–Crippen MR) is 74.7 cm³/mol. The topological polar surface area (TPSA) is 82.2 Å². The third-order valence-electron chi connectivity index (χ3n) is 2.67. The molecule has 6 heteroatoms. The highest BCUT2D eigenvalue weighted by Crippen LogP contribution is 2.16. The first-order valence-corrected chi connectivity index (χ1v) is 6.54. The molecule has 108 valence electrons. The van der Waals surface area contributed by atoms with E-state index in [-0.39, 0.29) is 5.60 Å². The van der Waals surface area contributed by atoms with Crippen LogP contribution in [0.1, 0.15) is 39.7 Å². The van der Waals surface area contributed by atoms with Gasteiger partial charge in [0.2, 0.25) is 0 Å². The summed E-state index contributed by atoms with van der Waals surface area (Å²) in [6, 6.07) is 0.496. The van der Waals surface area contributed by atoms with E-state index in [2.05, 4.69) is 15.2 Å². The largest absolute Gasteiger partial charge is 0.462 e. The van der Waals surface area contributed by atoms with Crippen LogP contribution in [0.15, 0.2) is 12.4 Å². The second kappa shape index (κ2) is 7.13. The van der Waals surface area contributed by atoms with Gasteiger partial charge in [-0.05, 0) is 40.2 Å². The van der Waals surface area contributed by atoms with Gasteiger partial charge in [0.25, 0.3) is 6.47 Å². The summed E-state index contributed by atoms with van der Waals surface area (Å²) in [5.74, 6) is 0. The smallest absolute Gasteiger partial charge is 0.293 e. The van der Waals surface area contributed by atoms with Crippen LogP contribution in [0.25, 0.3) is 0 Å². The average molecular weight is 268 g/mol. The van der Waals surface area contributed by atoms with Gasteiger partial charge in [-0.25, -0.2) is 0 Å². The number of nitrogens with zero attached hydrogens (tertiary/aromatic N) is 2. The second-order valence-electron chi connectivity index (χ2n) is 5.58. The number of ether oxygens (including phenoxy) is 1. The van der Waals surface area contributed by atoms with Crippen LogP contribution in [0, 0.1) is 0 Å². The number of rotatable bonds is 2. The first-order chi connectivity index (χ1) is 8.92. The van der Waals surface area contributed by atoms with E-state index >= 15 is 0 Å². The molecule has 3 N–H and O–H groups in total. The third-order valence-corrected chi connectivity index (χ3v) is 2.67. The molecule has 1 aliphatic rings. The van der Waals surface area contributed by atoms with E-state index in [4.69, 9.17) is 5.73 Å². The standard InChI is InChI=1S/C8H14N4.C5H10O2/c9-7-4-11-12(6-7)8-2-1-3-10-5-8;1-5(2,3)7-4-6/h4,6,8,10H,1-3,5,9H2;4H,1-3H3. The summed E-state index contributed by atoms with van der Waals surface area (Å²) in [5.41, 5.74) is 6.01. The third kappa shape index (κ3) is 6.24. The van der Waals surface area contributed by atoms with E-state index in [1.165, 1.54) is 12.8 Å². The van der Waals surface area contributed by atoms with E-state index in [1.54, 1.807) is 6.20 Å². The summed E-state index contributed by atoms with van der Waals surface area (Å²) in [7, 11) is 0. The van der Waals surface area contributed by atoms with Crippen LogP contribution >= 0.6 is 0 Å². The fourth-order valence-electron chi connectivity index (χ4n) is 1.76. The molecule has 1 aromatic rings. The monoisotopic (exact) mass is 268 g/mol. The molecule has 0 aliphatic carbocycles. The quantitative estimate of drug-likeness (QED) is 0.791. The molecule has 0 saturated carbocycles. The first kappa shape index (κ1) is 15.5. The molecule has 1 aromatic heterocycles. The Morgan fingerprint density at radius 3 is 2.68 bits per heavy atom. The zero-order valence-corrected chi connectivity index (χ0v) is 11.9. The van der Waals surface area contributed by atoms with Crippen molar-refractivity contribution in [3.63, 3.8) is 0 Å². The molecule has 0 amide bonds. The highest BCUT2D eigenvalue weighted by Gasteiger charge is 2.14. The summed E-state index contributed by atoms with van der Waals surface area (Å²) in [4.78, 5) is 9.60. The number of piperidine rings is 1. The summed E-state index contributed by atoms with van der Waals surface area (Å²) in [6.07, 6.45) is 6.03. The van der Waals surface area contributed by atoms with Crippen LogP contribution in [0.2, 0.25) is 0 Å². The van der Waals surface area contributed by atoms with Crippen molar-refractivity contribution in [3.8, 4) is 0 Å². The Morgan fingerprint density at radius 1 is 1.58 bits per heavy atom. The lowest BCUT2D eigenvalue weighted by atomic mass is 10.1. The molecule has 2 heterocycles. The van der Waals surface area contributed by atoms with Crippen LogP contribution in [-0.2, 0) is 9.53 Å². The summed E-state index contributed by atoms with van der Waals surface area (Å²) >= 11 is 0. The number of carbonyl (C=O) groups excluding carboxylic acids is 1. The Morgan fingerprint density at radius 2 is 2.32 bits per heavy atom. The summed E-state index contributed by atoms with van der Waals surface area (Å²) in [6.45, 7) is 8.07. The van der Waals surface area contributed by atoms with E-state index in [9.17, 15) is 4.79 Å². The lowest BCUT2D eigenvalue weighted by Gasteiger charge is -2.22. The van der Waals surface area contributed by atoms with Crippen LogP contribution < -0.4 is 11.1 Å². The first-order valence-electron chi connectivity index (χ1n) is 6.54. The van der Waals surface area contributed by atoms with Gasteiger partial charge >= 0.3 is 0 Å². The van der Waals surface area contributed by atoms with Gasteiger partial charge < -0.3 is 15.8 Å². The maximum Gasteiger partial charge on any atom is 0.293 e. The zero-order chi connectivity index (χ0) is 14.3. The van der Waals surface area contributed by atoms with Crippen LogP contribution in [0.3, 0.4) is 0 Å².